The van der Waals surface area contributed by atoms with Crippen molar-refractivity contribution in [3.05, 3.63) is 71.5 Å². The Kier molecular flexibility index (Phi) is 4.19. The van der Waals surface area contributed by atoms with Crippen LogP contribution in [0.5, 0.6) is 0 Å². The van der Waals surface area contributed by atoms with E-state index in [1.807, 2.05) is 12.1 Å². The first kappa shape index (κ1) is 15.8. The Balaban J connectivity index is 1.67. The summed E-state index contributed by atoms with van der Waals surface area (Å²) in [4.78, 5) is 8.80. The van der Waals surface area contributed by atoms with Gasteiger partial charge in [-0.25, -0.2) is 9.97 Å². The molecule has 0 aliphatic carbocycles. The number of hydrogen-bond donors (Lipinski definition) is 0. The topological polar surface area (TPSA) is 56.5 Å². The Morgan fingerprint density at radius 2 is 1.76 bits per heavy atom. The highest BCUT2D eigenvalue weighted by atomic mass is 32.2. The van der Waals surface area contributed by atoms with Crippen molar-refractivity contribution < 1.29 is 0 Å². The maximum absolute atomic E-state index is 4.41. The lowest BCUT2D eigenvalue weighted by Gasteiger charge is -2.05. The summed E-state index contributed by atoms with van der Waals surface area (Å²) in [6, 6.07) is 16.5. The molecule has 6 heteroatoms. The van der Waals surface area contributed by atoms with Gasteiger partial charge in [0.05, 0.1) is 5.69 Å². The third kappa shape index (κ3) is 3.13. The summed E-state index contributed by atoms with van der Waals surface area (Å²) in [5, 5.41) is 9.45. The molecule has 2 aromatic carbocycles. The molecule has 0 atom stereocenters. The van der Waals surface area contributed by atoms with Crippen LogP contribution in [0.3, 0.4) is 0 Å². The van der Waals surface area contributed by atoms with E-state index in [0.29, 0.717) is 0 Å². The first-order valence-corrected chi connectivity index (χ1v) is 9.02. The molecule has 0 saturated heterocycles. The van der Waals surface area contributed by atoms with E-state index in [0.717, 1.165) is 27.6 Å². The predicted molar refractivity (Wildman–Crippen MR) is 99.9 cm³/mol. The van der Waals surface area contributed by atoms with Crippen molar-refractivity contribution in [3.8, 4) is 5.69 Å². The number of aryl methyl sites for hydroxylation is 2. The van der Waals surface area contributed by atoms with Crippen LogP contribution in [0.4, 0.5) is 0 Å². The molecule has 0 aliphatic rings. The van der Waals surface area contributed by atoms with Crippen LogP contribution >= 0.6 is 11.8 Å². The van der Waals surface area contributed by atoms with Gasteiger partial charge >= 0.3 is 0 Å². The number of hydrogen-bond acceptors (Lipinski definition) is 5. The molecule has 0 fully saturated rings. The van der Waals surface area contributed by atoms with Gasteiger partial charge in [-0.05, 0) is 37.1 Å². The zero-order chi connectivity index (χ0) is 17.2. The van der Waals surface area contributed by atoms with Gasteiger partial charge in [0.2, 0.25) is 0 Å². The lowest BCUT2D eigenvalue weighted by Crippen LogP contribution is -1.98. The lowest BCUT2D eigenvalue weighted by atomic mass is 10.1. The lowest BCUT2D eigenvalue weighted by molar-refractivity contribution is 0.816. The van der Waals surface area contributed by atoms with Crippen molar-refractivity contribution in [1.82, 2.24) is 25.0 Å². The summed E-state index contributed by atoms with van der Waals surface area (Å²) in [6.45, 7) is 4.19. The Bertz CT molecular complexity index is 1020. The zero-order valence-electron chi connectivity index (χ0n) is 14.0. The third-order valence-electron chi connectivity index (χ3n) is 4.11. The Morgan fingerprint density at radius 1 is 0.960 bits per heavy atom. The molecule has 124 valence electrons. The second kappa shape index (κ2) is 6.64. The molecule has 0 aliphatic heterocycles. The monoisotopic (exact) mass is 347 g/mol. The van der Waals surface area contributed by atoms with E-state index in [9.17, 15) is 0 Å². The van der Waals surface area contributed by atoms with Crippen LogP contribution in [0.2, 0.25) is 0 Å². The molecule has 5 nitrogen and oxygen atoms in total. The van der Waals surface area contributed by atoms with Gasteiger partial charge in [0.25, 0.3) is 0 Å². The predicted octanol–water partition coefficient (Wildman–Crippen LogP) is 4.12. The first-order chi connectivity index (χ1) is 12.2. The Hall–Kier alpha value is -2.73. The maximum Gasteiger partial charge on any atom is 0.187 e. The molecule has 0 saturated carbocycles. The largest absolute Gasteiger partial charge is 0.227 e. The van der Waals surface area contributed by atoms with E-state index in [1.54, 1.807) is 22.8 Å². The minimum absolute atomic E-state index is 0.728. The number of rotatable bonds is 4. The summed E-state index contributed by atoms with van der Waals surface area (Å²) < 4.78 is 1.76. The quantitative estimate of drug-likeness (QED) is 0.410. The van der Waals surface area contributed by atoms with E-state index in [1.165, 1.54) is 16.7 Å². The standard InChI is InChI=1S/C19H17N5S/c1-13-7-9-16(10-8-13)24-18-17(22-23-24)19(21-12-20-18)25-11-15-6-4-3-5-14(15)2/h3-10,12H,11H2,1-2H3. The molecule has 0 bridgehead atoms. The van der Waals surface area contributed by atoms with Crippen molar-refractivity contribution >= 4 is 22.9 Å². The summed E-state index contributed by atoms with van der Waals surface area (Å²) >= 11 is 1.66. The van der Waals surface area contributed by atoms with Crippen molar-refractivity contribution in [2.45, 2.75) is 24.6 Å². The summed E-state index contributed by atoms with van der Waals surface area (Å²) in [5.74, 6) is 0.843. The van der Waals surface area contributed by atoms with Gasteiger partial charge in [-0.15, -0.1) is 5.10 Å². The average Bonchev–Trinajstić information content (AvgIpc) is 3.06. The molecular formula is C19H17N5S. The van der Waals surface area contributed by atoms with Crippen LogP contribution < -0.4 is 0 Å². The second-order valence-electron chi connectivity index (χ2n) is 5.90. The van der Waals surface area contributed by atoms with Crippen LogP contribution in [0, 0.1) is 13.8 Å². The molecule has 0 radical (unpaired) electrons. The fourth-order valence-corrected chi connectivity index (χ4v) is 3.62. The van der Waals surface area contributed by atoms with Crippen LogP contribution in [0.25, 0.3) is 16.9 Å². The Morgan fingerprint density at radius 3 is 2.56 bits per heavy atom. The van der Waals surface area contributed by atoms with Crippen LogP contribution in [-0.2, 0) is 5.75 Å². The van der Waals surface area contributed by atoms with Crippen LogP contribution in [0.15, 0.2) is 59.9 Å². The van der Waals surface area contributed by atoms with Gasteiger partial charge in [0, 0.05) is 5.75 Å². The second-order valence-corrected chi connectivity index (χ2v) is 6.87. The molecule has 4 rings (SSSR count). The summed E-state index contributed by atoms with van der Waals surface area (Å²) in [7, 11) is 0. The van der Waals surface area contributed by atoms with Crippen molar-refractivity contribution in [1.29, 1.82) is 0 Å². The minimum Gasteiger partial charge on any atom is -0.227 e. The average molecular weight is 347 g/mol. The van der Waals surface area contributed by atoms with Gasteiger partial charge in [-0.2, -0.15) is 4.68 Å². The maximum atomic E-state index is 4.41. The van der Waals surface area contributed by atoms with Gasteiger partial charge < -0.3 is 0 Å². The van der Waals surface area contributed by atoms with Crippen molar-refractivity contribution in [2.24, 2.45) is 0 Å². The van der Waals surface area contributed by atoms with E-state index < -0.39 is 0 Å². The van der Waals surface area contributed by atoms with Crippen LogP contribution in [-0.4, -0.2) is 25.0 Å². The number of fused-ring (bicyclic) bond motifs is 1. The molecule has 25 heavy (non-hydrogen) atoms. The van der Waals surface area contributed by atoms with Crippen LogP contribution in [0.1, 0.15) is 16.7 Å². The summed E-state index contributed by atoms with van der Waals surface area (Å²) in [6.07, 6.45) is 1.58. The number of thioether (sulfide) groups is 1. The van der Waals surface area contributed by atoms with E-state index >= 15 is 0 Å². The summed E-state index contributed by atoms with van der Waals surface area (Å²) in [5.41, 5.74) is 6.19. The number of aromatic nitrogens is 5. The van der Waals surface area contributed by atoms with Crippen molar-refractivity contribution in [3.63, 3.8) is 0 Å². The zero-order valence-corrected chi connectivity index (χ0v) is 14.9. The fourth-order valence-electron chi connectivity index (χ4n) is 2.61. The molecular weight excluding hydrogens is 330 g/mol. The molecule has 0 unspecified atom stereocenters. The highest BCUT2D eigenvalue weighted by molar-refractivity contribution is 7.98. The highest BCUT2D eigenvalue weighted by Crippen LogP contribution is 2.27. The van der Waals surface area contributed by atoms with Gasteiger partial charge in [-0.1, -0.05) is 58.9 Å². The normalized spacial score (nSPS) is 11.1. The van der Waals surface area contributed by atoms with E-state index in [2.05, 4.69) is 70.5 Å². The molecule has 0 N–H and O–H groups in total. The Labute approximate surface area is 150 Å². The SMILES string of the molecule is Cc1ccc(-n2nnc3c(SCc4ccccc4C)ncnc32)cc1. The first-order valence-electron chi connectivity index (χ1n) is 8.03. The molecule has 2 heterocycles. The fraction of sp³-hybridized carbons (Fsp3) is 0.158. The van der Waals surface area contributed by atoms with Gasteiger partial charge in [0.1, 0.15) is 11.4 Å². The van der Waals surface area contributed by atoms with Crippen molar-refractivity contribution in [2.75, 3.05) is 0 Å². The smallest absolute Gasteiger partial charge is 0.187 e. The molecule has 0 amide bonds. The molecule has 0 spiro atoms. The third-order valence-corrected chi connectivity index (χ3v) is 5.14. The number of nitrogens with zero attached hydrogens (tertiary/aromatic N) is 5. The van der Waals surface area contributed by atoms with E-state index in [4.69, 9.17) is 0 Å². The van der Waals surface area contributed by atoms with Gasteiger partial charge in [-0.3, -0.25) is 0 Å². The molecule has 4 aromatic rings. The minimum atomic E-state index is 0.728. The molecule has 2 aromatic heterocycles. The van der Waals surface area contributed by atoms with E-state index in [-0.39, 0.29) is 0 Å². The highest BCUT2D eigenvalue weighted by Gasteiger charge is 2.13. The van der Waals surface area contributed by atoms with Gasteiger partial charge in [0.15, 0.2) is 11.2 Å². The number of benzene rings is 2.